The van der Waals surface area contributed by atoms with Crippen LogP contribution in [0.25, 0.3) is 0 Å². The molecular weight excluding hydrogens is 819 g/mol. The molecule has 0 saturated heterocycles. The summed E-state index contributed by atoms with van der Waals surface area (Å²) in [6.45, 7) is 2.92. The zero-order chi connectivity index (χ0) is 45.9. The highest BCUT2D eigenvalue weighted by molar-refractivity contribution is 7.47. The Morgan fingerprint density at radius 1 is 0.565 bits per heavy atom. The molecule has 1 saturated carbocycles. The Balaban J connectivity index is 2.53. The highest BCUT2D eigenvalue weighted by Crippen LogP contribution is 2.47. The molecule has 0 spiro atoms. The molecule has 1 aliphatic carbocycles. The Morgan fingerprint density at radius 2 is 1.02 bits per heavy atom. The number of allylic oxidation sites excluding steroid dienone is 12. The van der Waals surface area contributed by atoms with Gasteiger partial charge in [0.25, 0.3) is 0 Å². The van der Waals surface area contributed by atoms with Gasteiger partial charge in [-0.1, -0.05) is 119 Å². The van der Waals surface area contributed by atoms with Gasteiger partial charge in [0, 0.05) is 12.8 Å². The zero-order valence-corrected chi connectivity index (χ0v) is 38.1. The van der Waals surface area contributed by atoms with Crippen molar-refractivity contribution in [3.05, 3.63) is 72.9 Å². The Bertz CT molecular complexity index is 1380. The van der Waals surface area contributed by atoms with E-state index in [0.717, 1.165) is 83.5 Å². The topological polar surface area (TPSA) is 230 Å². The van der Waals surface area contributed by atoms with Gasteiger partial charge in [-0.05, 0) is 89.9 Å². The minimum Gasteiger partial charge on any atom is -0.462 e. The number of phosphoric ester groups is 1. The second kappa shape index (κ2) is 36.6. The third-order valence-corrected chi connectivity index (χ3v) is 11.2. The molecule has 0 aliphatic heterocycles. The van der Waals surface area contributed by atoms with Crippen LogP contribution in [0.3, 0.4) is 0 Å². The molecule has 7 N–H and O–H groups in total. The molecule has 9 atom stereocenters. The summed E-state index contributed by atoms with van der Waals surface area (Å²) in [6.07, 6.45) is 29.0. The Morgan fingerprint density at radius 3 is 1.56 bits per heavy atom. The summed E-state index contributed by atoms with van der Waals surface area (Å²) in [7, 11) is -5.14. The number of phosphoric acid groups is 1. The number of esters is 2. The highest BCUT2D eigenvalue weighted by Gasteiger charge is 2.51. The van der Waals surface area contributed by atoms with Crippen LogP contribution in [0, 0.1) is 0 Å². The van der Waals surface area contributed by atoms with Crippen molar-refractivity contribution in [1.29, 1.82) is 0 Å². The first kappa shape index (κ1) is 57.3. The predicted molar refractivity (Wildman–Crippen MR) is 241 cm³/mol. The van der Waals surface area contributed by atoms with Crippen molar-refractivity contribution in [2.45, 2.75) is 198 Å². The van der Waals surface area contributed by atoms with Gasteiger partial charge in [0.2, 0.25) is 0 Å². The maximum atomic E-state index is 12.8. The van der Waals surface area contributed by atoms with Crippen molar-refractivity contribution in [1.82, 2.24) is 0 Å². The second-order valence-corrected chi connectivity index (χ2v) is 17.1. The maximum absolute atomic E-state index is 12.8. The molecule has 62 heavy (non-hydrogen) atoms. The third-order valence-electron chi connectivity index (χ3n) is 10.2. The fraction of sp³-hybridized carbons (Fsp3) is 0.702. The van der Waals surface area contributed by atoms with Gasteiger partial charge in [0.1, 0.15) is 43.2 Å². The number of aliphatic hydroxyl groups excluding tert-OH is 6. The molecular formula is C47H79O14P. The molecule has 0 amide bonds. The van der Waals surface area contributed by atoms with E-state index in [1.54, 1.807) is 0 Å². The summed E-state index contributed by atoms with van der Waals surface area (Å²) in [5, 5.41) is 59.7. The van der Waals surface area contributed by atoms with Gasteiger partial charge in [-0.2, -0.15) is 0 Å². The van der Waals surface area contributed by atoms with Crippen molar-refractivity contribution < 1.29 is 68.2 Å². The molecule has 356 valence electrons. The fourth-order valence-corrected chi connectivity index (χ4v) is 7.26. The molecule has 1 rings (SSSR count). The van der Waals surface area contributed by atoms with Crippen LogP contribution in [-0.4, -0.2) is 110 Å². The van der Waals surface area contributed by atoms with Gasteiger partial charge in [-0.25, -0.2) is 4.57 Å². The predicted octanol–water partition coefficient (Wildman–Crippen LogP) is 7.69. The van der Waals surface area contributed by atoms with Gasteiger partial charge < -0.3 is 45.0 Å². The average molecular weight is 899 g/mol. The summed E-state index contributed by atoms with van der Waals surface area (Å²) in [6, 6.07) is 0. The van der Waals surface area contributed by atoms with E-state index in [0.29, 0.717) is 19.3 Å². The van der Waals surface area contributed by atoms with Crippen LogP contribution in [0.4, 0.5) is 0 Å². The SMILES string of the molecule is CCCCC/C=C\C/C=C\CCCCCCCC(=O)O[C@H](COC(=O)CCC/C=C\C/C=C\C/C=C\C/C=C\CC[C@@H](O)CC)COP(=O)(O)OC1[C@H](O)[C@H](O)C(O)[C@H](O)[C@H]1O. The van der Waals surface area contributed by atoms with E-state index in [1.807, 2.05) is 19.1 Å². The molecule has 0 heterocycles. The summed E-state index contributed by atoms with van der Waals surface area (Å²) < 4.78 is 33.4. The first-order chi connectivity index (χ1) is 29.8. The number of aliphatic hydroxyl groups is 6. The molecule has 1 fully saturated rings. The summed E-state index contributed by atoms with van der Waals surface area (Å²) in [4.78, 5) is 35.7. The van der Waals surface area contributed by atoms with Crippen molar-refractivity contribution >= 4 is 19.8 Å². The smallest absolute Gasteiger partial charge is 0.462 e. The monoisotopic (exact) mass is 899 g/mol. The summed E-state index contributed by atoms with van der Waals surface area (Å²) >= 11 is 0. The number of unbranched alkanes of at least 4 members (excludes halogenated alkanes) is 9. The molecule has 14 nitrogen and oxygen atoms in total. The number of rotatable bonds is 36. The van der Waals surface area contributed by atoms with Crippen LogP contribution in [0.1, 0.15) is 149 Å². The van der Waals surface area contributed by atoms with Crippen LogP contribution < -0.4 is 0 Å². The number of carbonyl (C=O) groups is 2. The Labute approximate surface area is 370 Å². The average Bonchev–Trinajstić information content (AvgIpc) is 3.25. The fourth-order valence-electron chi connectivity index (χ4n) is 6.29. The summed E-state index contributed by atoms with van der Waals surface area (Å²) in [5.74, 6) is -1.21. The molecule has 0 aromatic carbocycles. The molecule has 0 radical (unpaired) electrons. The number of ether oxygens (including phenoxy) is 2. The van der Waals surface area contributed by atoms with Gasteiger partial charge >= 0.3 is 19.8 Å². The lowest BCUT2D eigenvalue weighted by Gasteiger charge is -2.41. The van der Waals surface area contributed by atoms with Crippen LogP contribution >= 0.6 is 7.82 Å². The van der Waals surface area contributed by atoms with E-state index < -0.39 is 75.7 Å². The first-order valence-electron chi connectivity index (χ1n) is 22.8. The molecule has 0 aromatic rings. The van der Waals surface area contributed by atoms with Crippen LogP contribution in [0.5, 0.6) is 0 Å². The lowest BCUT2D eigenvalue weighted by Crippen LogP contribution is -2.64. The molecule has 0 bridgehead atoms. The maximum Gasteiger partial charge on any atom is 0.472 e. The van der Waals surface area contributed by atoms with E-state index in [2.05, 4.69) is 67.7 Å². The Hall–Kier alpha value is -2.75. The van der Waals surface area contributed by atoms with Crippen molar-refractivity contribution in [3.63, 3.8) is 0 Å². The molecule has 3 unspecified atom stereocenters. The van der Waals surface area contributed by atoms with Crippen LogP contribution in [0.2, 0.25) is 0 Å². The number of carbonyl (C=O) groups excluding carboxylic acids is 2. The number of hydrogen-bond acceptors (Lipinski definition) is 13. The third kappa shape index (κ3) is 28.8. The lowest BCUT2D eigenvalue weighted by molar-refractivity contribution is -0.220. The van der Waals surface area contributed by atoms with Gasteiger partial charge in [0.15, 0.2) is 6.10 Å². The van der Waals surface area contributed by atoms with Gasteiger partial charge in [0.05, 0.1) is 12.7 Å². The second-order valence-electron chi connectivity index (χ2n) is 15.7. The first-order valence-corrected chi connectivity index (χ1v) is 24.3. The standard InChI is InChI=1S/C47H79O14P/c1-3-5-6-7-8-9-10-11-12-17-20-23-26-29-32-35-41(50)60-39(37-59-62(56,57)61-47-45(54)43(52)42(51)44(53)46(47)55)36-58-40(49)34-31-28-25-22-19-16-14-13-15-18-21-24-27-30-33-38(48)4-2/h8-9,11-12,14-16,18,22,24-25,27,38-39,42-48,51-55H,3-7,10,13,17,19-21,23,26,28-37H2,1-2H3,(H,56,57)/b9-8-,12-11-,16-14-,18-15-,25-22-,27-24-/t38-,39+,42?,43-,44+,45+,46+,47?/m0/s1. The molecule has 15 heteroatoms. The Kier molecular flexibility index (Phi) is 33.8. The van der Waals surface area contributed by atoms with E-state index in [9.17, 15) is 49.7 Å². The van der Waals surface area contributed by atoms with Crippen molar-refractivity contribution in [3.8, 4) is 0 Å². The normalized spacial score (nSPS) is 23.0. The van der Waals surface area contributed by atoms with E-state index in [4.69, 9.17) is 18.5 Å². The minimum atomic E-state index is -5.14. The minimum absolute atomic E-state index is 0.0584. The van der Waals surface area contributed by atoms with E-state index >= 15 is 0 Å². The molecule has 0 aromatic heterocycles. The molecule has 1 aliphatic rings. The van der Waals surface area contributed by atoms with Crippen molar-refractivity contribution in [2.75, 3.05) is 13.2 Å². The van der Waals surface area contributed by atoms with Crippen LogP contribution in [-0.2, 0) is 32.7 Å². The quantitative estimate of drug-likeness (QED) is 0.0138. The largest absolute Gasteiger partial charge is 0.472 e. The van der Waals surface area contributed by atoms with Crippen LogP contribution in [0.15, 0.2) is 72.9 Å². The van der Waals surface area contributed by atoms with Crippen molar-refractivity contribution in [2.24, 2.45) is 0 Å². The van der Waals surface area contributed by atoms with Gasteiger partial charge in [-0.15, -0.1) is 0 Å². The van der Waals surface area contributed by atoms with Gasteiger partial charge in [-0.3, -0.25) is 18.6 Å². The highest BCUT2D eigenvalue weighted by atomic mass is 31.2. The van der Waals surface area contributed by atoms with E-state index in [-0.39, 0.29) is 18.9 Å². The lowest BCUT2D eigenvalue weighted by atomic mass is 9.85. The van der Waals surface area contributed by atoms with E-state index in [1.165, 1.54) is 19.3 Å². The summed E-state index contributed by atoms with van der Waals surface area (Å²) in [5.41, 5.74) is 0. The number of hydrogen-bond donors (Lipinski definition) is 7. The zero-order valence-electron chi connectivity index (χ0n) is 37.2.